The number of benzene rings is 1. The number of nitrogens with one attached hydrogen (secondary N) is 1. The predicted molar refractivity (Wildman–Crippen MR) is 95.2 cm³/mol. The van der Waals surface area contributed by atoms with E-state index in [9.17, 15) is 9.59 Å². The SMILES string of the molecule is C#CCCC1(CCC(=O)Nc2ccc(N3CCOC3=O)c(OC)c2)N=N1. The second-order valence-electron chi connectivity index (χ2n) is 6.09. The van der Waals surface area contributed by atoms with Crippen molar-refractivity contribution in [3.8, 4) is 18.1 Å². The number of nitrogens with zero attached hydrogens (tertiary/aromatic N) is 3. The van der Waals surface area contributed by atoms with E-state index in [1.54, 1.807) is 18.2 Å². The van der Waals surface area contributed by atoms with Crippen LogP contribution in [0.25, 0.3) is 0 Å². The molecule has 2 heterocycles. The maximum atomic E-state index is 12.2. The summed E-state index contributed by atoms with van der Waals surface area (Å²) in [7, 11) is 1.51. The quantitative estimate of drug-likeness (QED) is 0.725. The third-order valence-corrected chi connectivity index (χ3v) is 4.32. The molecule has 2 amide bonds. The molecule has 0 bridgehead atoms. The largest absolute Gasteiger partial charge is 0.494 e. The number of methoxy groups -OCH3 is 1. The fraction of sp³-hybridized carbons (Fsp3) is 0.444. The van der Waals surface area contributed by atoms with Gasteiger partial charge in [-0.3, -0.25) is 9.69 Å². The van der Waals surface area contributed by atoms with E-state index in [-0.39, 0.29) is 5.91 Å². The third-order valence-electron chi connectivity index (χ3n) is 4.32. The van der Waals surface area contributed by atoms with Crippen molar-refractivity contribution in [2.24, 2.45) is 10.2 Å². The number of rotatable bonds is 8. The first-order valence-corrected chi connectivity index (χ1v) is 8.36. The Balaban J connectivity index is 1.58. The van der Waals surface area contributed by atoms with Crippen molar-refractivity contribution in [3.63, 3.8) is 0 Å². The van der Waals surface area contributed by atoms with Crippen LogP contribution in [0.4, 0.5) is 16.2 Å². The van der Waals surface area contributed by atoms with Gasteiger partial charge in [0.05, 0.1) is 19.3 Å². The maximum Gasteiger partial charge on any atom is 0.414 e. The van der Waals surface area contributed by atoms with E-state index in [0.29, 0.717) is 56.0 Å². The van der Waals surface area contributed by atoms with Crippen LogP contribution in [0, 0.1) is 12.3 Å². The summed E-state index contributed by atoms with van der Waals surface area (Å²) >= 11 is 0. The zero-order chi connectivity index (χ0) is 18.6. The molecule has 0 spiro atoms. The number of hydrogen-bond acceptors (Lipinski definition) is 6. The lowest BCUT2D eigenvalue weighted by molar-refractivity contribution is -0.116. The van der Waals surface area contributed by atoms with Gasteiger partial charge in [-0.05, 0) is 12.1 Å². The second kappa shape index (κ2) is 7.44. The number of anilines is 2. The number of carbonyl (C=O) groups is 2. The predicted octanol–water partition coefficient (Wildman–Crippen LogP) is 2.95. The average Bonchev–Trinajstić information content (AvgIpc) is 3.30. The van der Waals surface area contributed by atoms with Gasteiger partial charge in [-0.1, -0.05) is 0 Å². The summed E-state index contributed by atoms with van der Waals surface area (Å²) in [6.07, 6.45) is 6.94. The molecule has 0 radical (unpaired) electrons. The monoisotopic (exact) mass is 356 g/mol. The van der Waals surface area contributed by atoms with Gasteiger partial charge in [0.25, 0.3) is 0 Å². The smallest absolute Gasteiger partial charge is 0.414 e. The summed E-state index contributed by atoms with van der Waals surface area (Å²) in [6, 6.07) is 5.13. The second-order valence-corrected chi connectivity index (χ2v) is 6.09. The number of cyclic esters (lactones) is 1. The van der Waals surface area contributed by atoms with Crippen LogP contribution < -0.4 is 15.0 Å². The summed E-state index contributed by atoms with van der Waals surface area (Å²) < 4.78 is 10.3. The highest BCUT2D eigenvalue weighted by molar-refractivity contribution is 5.94. The first-order valence-electron chi connectivity index (χ1n) is 8.36. The number of hydrogen-bond donors (Lipinski definition) is 1. The highest BCUT2D eigenvalue weighted by atomic mass is 16.6. The third kappa shape index (κ3) is 3.94. The standard InChI is InChI=1S/C18H20N4O4/c1-3-4-8-18(20-21-18)9-7-16(23)19-13-5-6-14(15(12-13)25-2)22-10-11-26-17(22)24/h1,5-6,12H,4,7-11H2,2H3,(H,19,23). The Morgan fingerprint density at radius 3 is 2.88 bits per heavy atom. The van der Waals surface area contributed by atoms with Crippen molar-refractivity contribution < 1.29 is 19.1 Å². The molecule has 1 fully saturated rings. The fourth-order valence-electron chi connectivity index (χ4n) is 2.80. The minimum atomic E-state index is -0.471. The molecule has 0 saturated carbocycles. The van der Waals surface area contributed by atoms with Gasteiger partial charge >= 0.3 is 6.09 Å². The first kappa shape index (κ1) is 17.7. The van der Waals surface area contributed by atoms with Gasteiger partial charge in [0.1, 0.15) is 12.4 Å². The van der Waals surface area contributed by atoms with Gasteiger partial charge < -0.3 is 14.8 Å². The Bertz CT molecular complexity index is 778. The zero-order valence-electron chi connectivity index (χ0n) is 14.5. The summed E-state index contributed by atoms with van der Waals surface area (Å²) in [5, 5.41) is 10.9. The molecule has 0 aliphatic carbocycles. The van der Waals surface area contributed by atoms with Gasteiger partial charge in [-0.2, -0.15) is 10.2 Å². The van der Waals surface area contributed by atoms with E-state index in [4.69, 9.17) is 15.9 Å². The Morgan fingerprint density at radius 1 is 1.46 bits per heavy atom. The molecular weight excluding hydrogens is 336 g/mol. The van der Waals surface area contributed by atoms with Crippen LogP contribution in [0.3, 0.4) is 0 Å². The number of terminal acetylenes is 1. The Labute approximate surface area is 151 Å². The summed E-state index contributed by atoms with van der Waals surface area (Å²) in [6.45, 7) is 0.811. The van der Waals surface area contributed by atoms with Gasteiger partial charge in [0.15, 0.2) is 5.66 Å². The van der Waals surface area contributed by atoms with E-state index in [2.05, 4.69) is 21.5 Å². The highest BCUT2D eigenvalue weighted by Crippen LogP contribution is 2.38. The molecule has 8 nitrogen and oxygen atoms in total. The molecule has 3 rings (SSSR count). The molecule has 0 aromatic heterocycles. The number of carbonyl (C=O) groups excluding carboxylic acids is 2. The van der Waals surface area contributed by atoms with Crippen molar-refractivity contribution in [2.45, 2.75) is 31.3 Å². The number of amides is 2. The Hall–Kier alpha value is -3.08. The topological polar surface area (TPSA) is 92.6 Å². The Morgan fingerprint density at radius 2 is 2.27 bits per heavy atom. The lowest BCUT2D eigenvalue weighted by Gasteiger charge is -2.17. The van der Waals surface area contributed by atoms with Crippen LogP contribution in [0.1, 0.15) is 25.7 Å². The van der Waals surface area contributed by atoms with Crippen LogP contribution in [-0.2, 0) is 9.53 Å². The molecule has 2 aliphatic heterocycles. The molecule has 2 aliphatic rings. The maximum absolute atomic E-state index is 12.2. The minimum Gasteiger partial charge on any atom is -0.494 e. The lowest BCUT2D eigenvalue weighted by atomic mass is 10.0. The van der Waals surface area contributed by atoms with E-state index < -0.39 is 11.8 Å². The van der Waals surface area contributed by atoms with E-state index in [0.717, 1.165) is 0 Å². The molecule has 1 saturated heterocycles. The van der Waals surface area contributed by atoms with Gasteiger partial charge in [0, 0.05) is 37.4 Å². The van der Waals surface area contributed by atoms with Crippen molar-refractivity contribution >= 4 is 23.4 Å². The first-order chi connectivity index (χ1) is 12.6. The van der Waals surface area contributed by atoms with E-state index in [1.165, 1.54) is 12.0 Å². The van der Waals surface area contributed by atoms with Crippen LogP contribution in [0.5, 0.6) is 5.75 Å². The summed E-state index contributed by atoms with van der Waals surface area (Å²) in [4.78, 5) is 25.4. The molecule has 1 aromatic carbocycles. The zero-order valence-corrected chi connectivity index (χ0v) is 14.5. The van der Waals surface area contributed by atoms with Gasteiger partial charge in [-0.15, -0.1) is 12.3 Å². The lowest BCUT2D eigenvalue weighted by Crippen LogP contribution is -2.24. The van der Waals surface area contributed by atoms with Crippen LogP contribution >= 0.6 is 0 Å². The molecule has 26 heavy (non-hydrogen) atoms. The molecule has 1 N–H and O–H groups in total. The summed E-state index contributed by atoms with van der Waals surface area (Å²) in [5.41, 5.74) is 0.726. The molecular formula is C18H20N4O4. The van der Waals surface area contributed by atoms with Crippen molar-refractivity contribution in [2.75, 3.05) is 30.5 Å². The van der Waals surface area contributed by atoms with Crippen LogP contribution in [0.15, 0.2) is 28.4 Å². The van der Waals surface area contributed by atoms with Gasteiger partial charge in [-0.25, -0.2) is 4.79 Å². The number of ether oxygens (including phenoxy) is 2. The minimum absolute atomic E-state index is 0.141. The molecule has 8 heteroatoms. The molecule has 1 aromatic rings. The molecule has 136 valence electrons. The normalized spacial score (nSPS) is 16.8. The fourth-order valence-corrected chi connectivity index (χ4v) is 2.80. The summed E-state index contributed by atoms with van der Waals surface area (Å²) in [5.74, 6) is 2.91. The van der Waals surface area contributed by atoms with Crippen molar-refractivity contribution in [3.05, 3.63) is 18.2 Å². The van der Waals surface area contributed by atoms with Crippen LogP contribution in [0.2, 0.25) is 0 Å². The van der Waals surface area contributed by atoms with E-state index >= 15 is 0 Å². The van der Waals surface area contributed by atoms with Crippen molar-refractivity contribution in [1.82, 2.24) is 0 Å². The average molecular weight is 356 g/mol. The van der Waals surface area contributed by atoms with E-state index in [1.807, 2.05) is 0 Å². The highest BCUT2D eigenvalue weighted by Gasteiger charge is 2.39. The van der Waals surface area contributed by atoms with Crippen LogP contribution in [-0.4, -0.2) is 37.9 Å². The van der Waals surface area contributed by atoms with Crippen molar-refractivity contribution in [1.29, 1.82) is 0 Å². The Kier molecular flexibility index (Phi) is 5.07. The van der Waals surface area contributed by atoms with Gasteiger partial charge in [0.2, 0.25) is 5.91 Å². The molecule has 0 atom stereocenters. The molecule has 0 unspecified atom stereocenters.